The van der Waals surface area contributed by atoms with Gasteiger partial charge in [0.15, 0.2) is 5.50 Å². The van der Waals surface area contributed by atoms with Crippen LogP contribution in [0.25, 0.3) is 5.57 Å². The molecule has 2 aromatic carbocycles. The van der Waals surface area contributed by atoms with Crippen molar-refractivity contribution in [2.45, 2.75) is 31.7 Å². The van der Waals surface area contributed by atoms with E-state index >= 15 is 0 Å². The molecule has 1 saturated heterocycles. The molecule has 1 amide bonds. The number of halogens is 2. The van der Waals surface area contributed by atoms with Gasteiger partial charge in [-0.25, -0.2) is 8.78 Å². The van der Waals surface area contributed by atoms with Crippen molar-refractivity contribution in [3.63, 3.8) is 0 Å². The van der Waals surface area contributed by atoms with Gasteiger partial charge in [-0.15, -0.1) is 0 Å². The molecule has 0 radical (unpaired) electrons. The minimum atomic E-state index is -0.271. The van der Waals surface area contributed by atoms with E-state index in [0.717, 1.165) is 60.4 Å². The third-order valence-corrected chi connectivity index (χ3v) is 7.61. The Morgan fingerprint density at radius 1 is 1.00 bits per heavy atom. The standard InChI is InChI=1S/C27H27F2N3OS/c1-18-24(26(33)32-16-17-34-27(32)30-18)12-15-31-13-10-21(11-14-31)25(19-2-6-22(28)7-3-19)20-4-8-23(29)9-5-20/h2-9,16-17,27,30H,10-15H2,1H3. The van der Waals surface area contributed by atoms with Gasteiger partial charge in [0, 0.05) is 37.1 Å². The van der Waals surface area contributed by atoms with Crippen LogP contribution >= 0.6 is 11.8 Å². The van der Waals surface area contributed by atoms with E-state index in [1.165, 1.54) is 29.8 Å². The number of thioether (sulfide) groups is 1. The summed E-state index contributed by atoms with van der Waals surface area (Å²) in [5, 5.41) is 5.37. The molecule has 0 aromatic heterocycles. The van der Waals surface area contributed by atoms with Crippen molar-refractivity contribution in [2.75, 3.05) is 19.6 Å². The van der Waals surface area contributed by atoms with Gasteiger partial charge in [-0.3, -0.25) is 9.69 Å². The Morgan fingerprint density at radius 3 is 2.18 bits per heavy atom. The van der Waals surface area contributed by atoms with Crippen LogP contribution < -0.4 is 5.32 Å². The van der Waals surface area contributed by atoms with E-state index in [0.29, 0.717) is 6.42 Å². The van der Waals surface area contributed by atoms with Gasteiger partial charge in [0.25, 0.3) is 5.91 Å². The van der Waals surface area contributed by atoms with Gasteiger partial charge in [-0.1, -0.05) is 41.6 Å². The molecule has 4 nitrogen and oxygen atoms in total. The van der Waals surface area contributed by atoms with Crippen molar-refractivity contribution in [1.82, 2.24) is 15.1 Å². The van der Waals surface area contributed by atoms with Crippen LogP contribution in [0.1, 0.15) is 37.3 Å². The van der Waals surface area contributed by atoms with Crippen LogP contribution in [0.4, 0.5) is 8.78 Å². The van der Waals surface area contributed by atoms with Gasteiger partial charge in [0.1, 0.15) is 11.6 Å². The van der Waals surface area contributed by atoms with Crippen LogP contribution in [0.5, 0.6) is 0 Å². The van der Waals surface area contributed by atoms with Gasteiger partial charge in [-0.2, -0.15) is 0 Å². The van der Waals surface area contributed by atoms with E-state index in [4.69, 9.17) is 0 Å². The highest BCUT2D eigenvalue weighted by Gasteiger charge is 2.33. The van der Waals surface area contributed by atoms with Gasteiger partial charge in [0.05, 0.1) is 0 Å². The zero-order valence-corrected chi connectivity index (χ0v) is 19.9. The number of amides is 1. The average Bonchev–Trinajstić information content (AvgIpc) is 3.31. The van der Waals surface area contributed by atoms with Crippen LogP contribution in [0.3, 0.4) is 0 Å². The second kappa shape index (κ2) is 9.76. The number of carbonyl (C=O) groups excluding carboxylic acids is 1. The molecular weight excluding hydrogens is 452 g/mol. The molecule has 0 bridgehead atoms. The number of nitrogens with one attached hydrogen (secondary N) is 1. The predicted octanol–water partition coefficient (Wildman–Crippen LogP) is 5.46. The fourth-order valence-electron chi connectivity index (χ4n) is 4.85. The molecule has 7 heteroatoms. The normalized spacial score (nSPS) is 20.6. The lowest BCUT2D eigenvalue weighted by Gasteiger charge is -2.34. The minimum Gasteiger partial charge on any atom is -0.359 e. The molecule has 0 spiro atoms. The second-order valence-corrected chi connectivity index (χ2v) is 9.81. The van der Waals surface area contributed by atoms with E-state index in [9.17, 15) is 13.6 Å². The van der Waals surface area contributed by atoms with E-state index < -0.39 is 0 Å². The maximum atomic E-state index is 13.6. The van der Waals surface area contributed by atoms with Gasteiger partial charge < -0.3 is 10.2 Å². The zero-order valence-electron chi connectivity index (χ0n) is 19.1. The number of fused-ring (bicyclic) bond motifs is 1. The number of benzene rings is 2. The van der Waals surface area contributed by atoms with E-state index in [1.807, 2.05) is 18.5 Å². The first-order valence-corrected chi connectivity index (χ1v) is 12.5. The summed E-state index contributed by atoms with van der Waals surface area (Å²) in [6, 6.07) is 13.1. The van der Waals surface area contributed by atoms with Crippen molar-refractivity contribution in [3.8, 4) is 0 Å². The molecule has 1 fully saturated rings. The van der Waals surface area contributed by atoms with E-state index in [2.05, 4.69) is 10.2 Å². The first-order valence-electron chi connectivity index (χ1n) is 11.6. The van der Waals surface area contributed by atoms with Crippen LogP contribution in [0, 0.1) is 11.6 Å². The highest BCUT2D eigenvalue weighted by Crippen LogP contribution is 2.34. The number of hydrogen-bond acceptors (Lipinski definition) is 4. The maximum Gasteiger partial charge on any atom is 0.257 e. The molecule has 2 aromatic rings. The Labute approximate surface area is 203 Å². The summed E-state index contributed by atoms with van der Waals surface area (Å²) in [7, 11) is 0. The third-order valence-electron chi connectivity index (χ3n) is 6.72. The summed E-state index contributed by atoms with van der Waals surface area (Å²) >= 11 is 1.60. The summed E-state index contributed by atoms with van der Waals surface area (Å²) in [6.45, 7) is 4.58. The lowest BCUT2D eigenvalue weighted by Crippen LogP contribution is -2.47. The average molecular weight is 480 g/mol. The second-order valence-electron chi connectivity index (χ2n) is 8.82. The van der Waals surface area contributed by atoms with E-state index in [1.54, 1.807) is 40.9 Å². The monoisotopic (exact) mass is 479 g/mol. The Bertz CT molecular complexity index is 1110. The lowest BCUT2D eigenvalue weighted by atomic mass is 9.88. The number of allylic oxidation sites excluding steroid dienone is 1. The summed E-state index contributed by atoms with van der Waals surface area (Å²) in [4.78, 5) is 17.0. The van der Waals surface area contributed by atoms with Crippen molar-refractivity contribution >= 4 is 23.2 Å². The Balaban J connectivity index is 1.30. The van der Waals surface area contributed by atoms with Crippen molar-refractivity contribution in [2.24, 2.45) is 0 Å². The number of nitrogens with zero attached hydrogens (tertiary/aromatic N) is 2. The number of hydrogen-bond donors (Lipinski definition) is 1. The van der Waals surface area contributed by atoms with Crippen LogP contribution in [-0.4, -0.2) is 40.8 Å². The summed E-state index contributed by atoms with van der Waals surface area (Å²) in [5.41, 5.74) is 6.05. The van der Waals surface area contributed by atoms with Crippen LogP contribution in [0.15, 0.2) is 77.0 Å². The highest BCUT2D eigenvalue weighted by atomic mass is 32.2. The molecule has 3 aliphatic heterocycles. The highest BCUT2D eigenvalue weighted by molar-refractivity contribution is 8.02. The maximum absolute atomic E-state index is 13.6. The number of carbonyl (C=O) groups is 1. The van der Waals surface area contributed by atoms with Crippen LogP contribution in [0.2, 0.25) is 0 Å². The first kappa shape index (κ1) is 22.9. The summed E-state index contributed by atoms with van der Waals surface area (Å²) in [6.07, 6.45) is 4.31. The molecule has 1 N–H and O–H groups in total. The van der Waals surface area contributed by atoms with Crippen molar-refractivity contribution in [1.29, 1.82) is 0 Å². The molecule has 34 heavy (non-hydrogen) atoms. The van der Waals surface area contributed by atoms with E-state index in [-0.39, 0.29) is 23.0 Å². The molecule has 176 valence electrons. The predicted molar refractivity (Wildman–Crippen MR) is 132 cm³/mol. The SMILES string of the molecule is CC1=C(CCN2CCC(=C(c3ccc(F)cc3)c3ccc(F)cc3)CC2)C(=O)N2C=CSC2N1. The summed E-state index contributed by atoms with van der Waals surface area (Å²) < 4.78 is 27.1. The topological polar surface area (TPSA) is 35.6 Å². The molecule has 1 atom stereocenters. The van der Waals surface area contributed by atoms with Crippen LogP contribution in [-0.2, 0) is 4.79 Å². The first-order chi connectivity index (χ1) is 16.5. The minimum absolute atomic E-state index is 0.0183. The zero-order chi connectivity index (χ0) is 23.7. The largest absolute Gasteiger partial charge is 0.359 e. The molecule has 1 unspecified atom stereocenters. The smallest absolute Gasteiger partial charge is 0.257 e. The number of rotatable bonds is 5. The van der Waals surface area contributed by atoms with Gasteiger partial charge >= 0.3 is 0 Å². The Morgan fingerprint density at radius 2 is 1.59 bits per heavy atom. The fraction of sp³-hybridized carbons (Fsp3) is 0.296. The molecule has 3 aliphatic rings. The Hall–Kier alpha value is -2.90. The molecule has 0 aliphatic carbocycles. The van der Waals surface area contributed by atoms with Gasteiger partial charge in [0.2, 0.25) is 0 Å². The Kier molecular flexibility index (Phi) is 6.57. The lowest BCUT2D eigenvalue weighted by molar-refractivity contribution is -0.126. The molecule has 5 rings (SSSR count). The number of likely N-dealkylation sites (tertiary alicyclic amines) is 1. The van der Waals surface area contributed by atoms with Crippen molar-refractivity contribution in [3.05, 3.63) is 99.7 Å². The van der Waals surface area contributed by atoms with Crippen molar-refractivity contribution < 1.29 is 13.6 Å². The quantitative estimate of drug-likeness (QED) is 0.618. The fourth-order valence-corrected chi connectivity index (χ4v) is 5.75. The molecule has 3 heterocycles. The number of piperidine rings is 1. The molecular formula is C27H27F2N3OS. The molecule has 0 saturated carbocycles. The summed E-state index contributed by atoms with van der Waals surface area (Å²) in [5.74, 6) is -0.449. The van der Waals surface area contributed by atoms with Gasteiger partial charge in [-0.05, 0) is 72.6 Å². The third kappa shape index (κ3) is 4.68.